The summed E-state index contributed by atoms with van der Waals surface area (Å²) in [5.41, 5.74) is 0.0342. The van der Waals surface area contributed by atoms with Crippen molar-refractivity contribution >= 4 is 17.8 Å². The Balaban J connectivity index is 1.46. The Hall–Kier alpha value is -3.69. The second-order valence-corrected chi connectivity index (χ2v) is 5.75. The number of fused-ring (bicyclic) bond motifs is 1. The number of benzene rings is 2. The number of hydrogen-bond acceptors (Lipinski definition) is 7. The molecule has 0 unspecified atom stereocenters. The average molecular weight is 407 g/mol. The lowest BCUT2D eigenvalue weighted by Gasteiger charge is -2.24. The molecule has 1 heterocycles. The predicted octanol–water partition coefficient (Wildman–Crippen LogP) is 1.93. The lowest BCUT2D eigenvalue weighted by Crippen LogP contribution is -2.40. The van der Waals surface area contributed by atoms with E-state index in [1.165, 1.54) is 12.1 Å². The van der Waals surface area contributed by atoms with Gasteiger partial charge >= 0.3 is 12.6 Å². The Kier molecular flexibility index (Phi) is 6.22. The third-order valence-electron chi connectivity index (χ3n) is 3.71. The molecule has 1 N–H and O–H groups in total. The minimum Gasteiger partial charge on any atom is -0.485 e. The summed E-state index contributed by atoms with van der Waals surface area (Å²) in [6.07, 6.45) is -1.05. The Morgan fingerprint density at radius 3 is 2.45 bits per heavy atom. The molecule has 1 aliphatic rings. The van der Waals surface area contributed by atoms with E-state index in [9.17, 15) is 23.2 Å². The number of esters is 1. The first-order valence-corrected chi connectivity index (χ1v) is 8.36. The molecule has 0 bridgehead atoms. The van der Waals surface area contributed by atoms with E-state index in [4.69, 9.17) is 14.2 Å². The first-order chi connectivity index (χ1) is 13.9. The summed E-state index contributed by atoms with van der Waals surface area (Å²) in [6, 6.07) is 11.5. The fourth-order valence-corrected chi connectivity index (χ4v) is 2.39. The second-order valence-electron chi connectivity index (χ2n) is 5.75. The van der Waals surface area contributed by atoms with Crippen molar-refractivity contribution in [2.45, 2.75) is 12.7 Å². The summed E-state index contributed by atoms with van der Waals surface area (Å²) in [6.45, 7) is -3.78. The highest BCUT2D eigenvalue weighted by molar-refractivity contribution is 6.05. The average Bonchev–Trinajstić information content (AvgIpc) is 2.71. The topological polar surface area (TPSA) is 100 Å². The van der Waals surface area contributed by atoms with Crippen LogP contribution in [0.25, 0.3) is 0 Å². The molecule has 10 heteroatoms. The van der Waals surface area contributed by atoms with Crippen molar-refractivity contribution in [3.8, 4) is 17.2 Å². The van der Waals surface area contributed by atoms with Crippen molar-refractivity contribution < 1.29 is 42.1 Å². The van der Waals surface area contributed by atoms with Gasteiger partial charge < -0.3 is 18.9 Å². The second kappa shape index (κ2) is 9.00. The van der Waals surface area contributed by atoms with Crippen LogP contribution < -0.4 is 19.5 Å². The first-order valence-electron chi connectivity index (χ1n) is 8.36. The largest absolute Gasteiger partial charge is 0.485 e. The van der Waals surface area contributed by atoms with Gasteiger partial charge in [0.1, 0.15) is 12.4 Å². The number of halogens is 2. The van der Waals surface area contributed by atoms with Crippen LogP contribution in [0.1, 0.15) is 10.4 Å². The van der Waals surface area contributed by atoms with Crippen molar-refractivity contribution in [1.82, 2.24) is 5.32 Å². The number of alkyl halides is 2. The number of ether oxygens (including phenoxy) is 4. The Morgan fingerprint density at radius 2 is 1.76 bits per heavy atom. The van der Waals surface area contributed by atoms with E-state index < -0.39 is 37.1 Å². The highest BCUT2D eigenvalue weighted by Crippen LogP contribution is 2.31. The molecule has 2 aromatic rings. The first kappa shape index (κ1) is 20.1. The zero-order chi connectivity index (χ0) is 20.8. The number of imide groups is 1. The van der Waals surface area contributed by atoms with Crippen molar-refractivity contribution in [2.75, 3.05) is 13.2 Å². The molecule has 0 aromatic heterocycles. The van der Waals surface area contributed by atoms with Gasteiger partial charge in [-0.25, -0.2) is 4.79 Å². The highest BCUT2D eigenvalue weighted by Gasteiger charge is 2.29. The molecule has 0 saturated heterocycles. The van der Waals surface area contributed by atoms with Crippen LogP contribution in [-0.2, 0) is 14.3 Å². The monoisotopic (exact) mass is 407 g/mol. The van der Waals surface area contributed by atoms with Crippen LogP contribution in [0.4, 0.5) is 8.78 Å². The van der Waals surface area contributed by atoms with Gasteiger partial charge in [-0.05, 0) is 36.4 Å². The van der Waals surface area contributed by atoms with Gasteiger partial charge in [0, 0.05) is 5.56 Å². The summed E-state index contributed by atoms with van der Waals surface area (Å²) in [7, 11) is 0. The lowest BCUT2D eigenvalue weighted by atomic mass is 10.2. The van der Waals surface area contributed by atoms with Crippen LogP contribution in [0, 0.1) is 0 Å². The molecule has 0 saturated carbocycles. The molecule has 1 aliphatic heterocycles. The van der Waals surface area contributed by atoms with Gasteiger partial charge in [0.25, 0.3) is 11.8 Å². The lowest BCUT2D eigenvalue weighted by molar-refractivity contribution is -0.157. The van der Waals surface area contributed by atoms with Crippen LogP contribution in [-0.4, -0.2) is 43.7 Å². The Morgan fingerprint density at radius 1 is 1.07 bits per heavy atom. The third-order valence-corrected chi connectivity index (χ3v) is 3.71. The Bertz CT molecular complexity index is 902. The summed E-state index contributed by atoms with van der Waals surface area (Å²) in [5.74, 6) is -1.75. The normalized spacial score (nSPS) is 14.8. The van der Waals surface area contributed by atoms with Crippen molar-refractivity contribution in [3.63, 3.8) is 0 Å². The van der Waals surface area contributed by atoms with Gasteiger partial charge in [-0.15, -0.1) is 0 Å². The van der Waals surface area contributed by atoms with Gasteiger partial charge in [-0.3, -0.25) is 14.9 Å². The number of amides is 2. The number of carbonyl (C=O) groups is 3. The maximum atomic E-state index is 12.1. The van der Waals surface area contributed by atoms with E-state index in [2.05, 4.69) is 4.74 Å². The van der Waals surface area contributed by atoms with Crippen LogP contribution in [0.15, 0.2) is 48.5 Å². The molecule has 0 aliphatic carbocycles. The van der Waals surface area contributed by atoms with Gasteiger partial charge in [0.05, 0.1) is 0 Å². The number of hydrogen-bond donors (Lipinski definition) is 1. The smallest absolute Gasteiger partial charge is 0.387 e. The maximum absolute atomic E-state index is 12.1. The number of rotatable bonds is 6. The molecule has 2 aromatic carbocycles. The third kappa shape index (κ3) is 5.41. The van der Waals surface area contributed by atoms with Crippen molar-refractivity contribution in [3.05, 3.63) is 54.1 Å². The minimum atomic E-state index is -2.99. The van der Waals surface area contributed by atoms with E-state index in [1.54, 1.807) is 24.3 Å². The molecule has 2 amide bonds. The maximum Gasteiger partial charge on any atom is 0.387 e. The van der Waals surface area contributed by atoms with Gasteiger partial charge in [-0.1, -0.05) is 12.1 Å². The van der Waals surface area contributed by atoms with Gasteiger partial charge in [0.15, 0.2) is 18.1 Å². The van der Waals surface area contributed by atoms with Crippen LogP contribution in [0.5, 0.6) is 17.2 Å². The molecular formula is C19H15F2NO7. The summed E-state index contributed by atoms with van der Waals surface area (Å²) >= 11 is 0. The minimum absolute atomic E-state index is 0.0342. The quantitative estimate of drug-likeness (QED) is 0.731. The molecule has 0 spiro atoms. The number of para-hydroxylation sites is 2. The summed E-state index contributed by atoms with van der Waals surface area (Å²) in [5, 5.41) is 2.01. The highest BCUT2D eigenvalue weighted by atomic mass is 19.3. The zero-order valence-electron chi connectivity index (χ0n) is 14.8. The summed E-state index contributed by atoms with van der Waals surface area (Å²) < 4.78 is 44.1. The van der Waals surface area contributed by atoms with E-state index in [0.29, 0.717) is 11.5 Å². The van der Waals surface area contributed by atoms with E-state index >= 15 is 0 Å². The van der Waals surface area contributed by atoms with Crippen LogP contribution >= 0.6 is 0 Å². The zero-order valence-corrected chi connectivity index (χ0v) is 14.8. The van der Waals surface area contributed by atoms with Gasteiger partial charge in [0.2, 0.25) is 6.10 Å². The van der Waals surface area contributed by atoms with E-state index in [1.807, 2.05) is 5.32 Å². The molecule has 0 fully saturated rings. The van der Waals surface area contributed by atoms with E-state index in [0.717, 1.165) is 12.1 Å². The molecule has 152 valence electrons. The fraction of sp³-hybridized carbons (Fsp3) is 0.211. The standard InChI is InChI=1S/C19H15F2NO7/c20-19(21)28-12-7-5-11(6-8-12)17(24)22-16(23)10-27-18(25)15-9-26-13-3-1-2-4-14(13)29-15/h1-8,15,19H,9-10H2,(H,22,23,24)/t15-/m1/s1. The number of nitrogens with one attached hydrogen (secondary N) is 1. The van der Waals surface area contributed by atoms with Gasteiger partial charge in [-0.2, -0.15) is 8.78 Å². The SMILES string of the molecule is O=C(COC(=O)[C@H]1COc2ccccc2O1)NC(=O)c1ccc(OC(F)F)cc1. The molecule has 1 atom stereocenters. The van der Waals surface area contributed by atoms with Crippen molar-refractivity contribution in [2.24, 2.45) is 0 Å². The molecular weight excluding hydrogens is 392 g/mol. The number of carbonyl (C=O) groups excluding carboxylic acids is 3. The summed E-state index contributed by atoms with van der Waals surface area (Å²) in [4.78, 5) is 35.8. The van der Waals surface area contributed by atoms with E-state index in [-0.39, 0.29) is 17.9 Å². The van der Waals surface area contributed by atoms with Crippen LogP contribution in [0.2, 0.25) is 0 Å². The molecule has 3 rings (SSSR count). The van der Waals surface area contributed by atoms with Crippen LogP contribution in [0.3, 0.4) is 0 Å². The molecule has 8 nitrogen and oxygen atoms in total. The fourth-order valence-electron chi connectivity index (χ4n) is 2.39. The predicted molar refractivity (Wildman–Crippen MR) is 92.9 cm³/mol. The molecule has 29 heavy (non-hydrogen) atoms. The Labute approximate surface area is 163 Å². The molecule has 0 radical (unpaired) electrons. The van der Waals surface area contributed by atoms with Crippen molar-refractivity contribution in [1.29, 1.82) is 0 Å².